The summed E-state index contributed by atoms with van der Waals surface area (Å²) in [7, 11) is 0. The van der Waals surface area contributed by atoms with Crippen molar-refractivity contribution in [2.75, 3.05) is 65.6 Å². The largest absolute Gasteiger partial charge is 0.507 e. The van der Waals surface area contributed by atoms with Gasteiger partial charge in [-0.1, -0.05) is 35.4 Å². The maximum atomic E-state index is 11.3. The highest BCUT2D eigenvalue weighted by atomic mass is 16.4. The highest BCUT2D eigenvalue weighted by Gasteiger charge is 2.31. The molecular weight excluding hydrogens is 706 g/mol. The molecule has 2 aromatic carbocycles. The van der Waals surface area contributed by atoms with Crippen molar-refractivity contribution in [2.24, 2.45) is 0 Å². The van der Waals surface area contributed by atoms with Crippen molar-refractivity contribution < 1.29 is 61.3 Å². The number of benzene rings is 2. The van der Waals surface area contributed by atoms with Crippen LogP contribution in [-0.2, 0) is 26.2 Å². The molecular formula is C37H63N5O12. The fourth-order valence-electron chi connectivity index (χ4n) is 6.55. The van der Waals surface area contributed by atoms with Crippen LogP contribution >= 0.6 is 0 Å². The summed E-state index contributed by atoms with van der Waals surface area (Å²) in [5.74, 6) is 0.213. The van der Waals surface area contributed by atoms with Crippen LogP contribution in [0.2, 0.25) is 0 Å². The van der Waals surface area contributed by atoms with Gasteiger partial charge in [-0.3, -0.25) is 9.80 Å². The Balaban J connectivity index is 1.63. The van der Waals surface area contributed by atoms with Crippen LogP contribution in [0.15, 0.2) is 24.3 Å². The molecule has 1 saturated heterocycles. The maximum Gasteiger partial charge on any atom is 0.124 e. The minimum Gasteiger partial charge on any atom is -0.507 e. The Bertz CT molecular complexity index is 1310. The monoisotopic (exact) mass is 769 g/mol. The molecule has 0 amide bonds. The van der Waals surface area contributed by atoms with Gasteiger partial charge in [0.05, 0.1) is 25.4 Å². The zero-order chi connectivity index (χ0) is 39.9. The van der Waals surface area contributed by atoms with Crippen LogP contribution in [0.3, 0.4) is 0 Å². The van der Waals surface area contributed by atoms with Gasteiger partial charge >= 0.3 is 0 Å². The van der Waals surface area contributed by atoms with Crippen LogP contribution < -0.4 is 16.0 Å². The average molecular weight is 770 g/mol. The molecule has 308 valence electrons. The lowest BCUT2D eigenvalue weighted by Crippen LogP contribution is -2.48. The normalized spacial score (nSPS) is 19.8. The van der Waals surface area contributed by atoms with Gasteiger partial charge in [0.1, 0.15) is 48.1 Å². The SMILES string of the molecule is Cc1cc(CNCC(O)C(O)C(O)C(O)CO)c(O)c(CN2CCCNCCN(Cc3cc(C)cc(CNCC(O)C(O)C(O)C(O)CO)c3O)CC2)c1. The maximum absolute atomic E-state index is 11.3. The lowest BCUT2D eigenvalue weighted by molar-refractivity contribution is -0.114. The van der Waals surface area contributed by atoms with Gasteiger partial charge in [0, 0.05) is 87.7 Å². The second-order valence-corrected chi connectivity index (χ2v) is 14.4. The summed E-state index contributed by atoms with van der Waals surface area (Å²) in [5, 5.41) is 130. The van der Waals surface area contributed by atoms with Crippen molar-refractivity contribution in [2.45, 2.75) is 95.3 Å². The number of aromatic hydroxyl groups is 2. The fraction of sp³-hybridized carbons (Fsp3) is 0.676. The summed E-state index contributed by atoms with van der Waals surface area (Å²) in [4.78, 5) is 4.51. The lowest BCUT2D eigenvalue weighted by Gasteiger charge is -2.30. The van der Waals surface area contributed by atoms with Crippen LogP contribution in [0.1, 0.15) is 39.8 Å². The lowest BCUT2D eigenvalue weighted by atomic mass is 10.0. The van der Waals surface area contributed by atoms with Gasteiger partial charge in [0.2, 0.25) is 0 Å². The van der Waals surface area contributed by atoms with Crippen LogP contribution in [0.25, 0.3) is 0 Å². The number of hydrogen-bond acceptors (Lipinski definition) is 17. The smallest absolute Gasteiger partial charge is 0.124 e. The summed E-state index contributed by atoms with van der Waals surface area (Å²) in [5.41, 5.74) is 4.49. The van der Waals surface area contributed by atoms with E-state index in [2.05, 4.69) is 25.8 Å². The first-order valence-electron chi connectivity index (χ1n) is 18.5. The molecule has 0 aromatic heterocycles. The van der Waals surface area contributed by atoms with Gasteiger partial charge in [-0.15, -0.1) is 0 Å². The fourth-order valence-corrected chi connectivity index (χ4v) is 6.55. The van der Waals surface area contributed by atoms with Crippen LogP contribution in [0, 0.1) is 13.8 Å². The Labute approximate surface area is 316 Å². The molecule has 17 nitrogen and oxygen atoms in total. The summed E-state index contributed by atoms with van der Waals surface area (Å²) in [6.07, 6.45) is -12.0. The number of hydrogen-bond donors (Lipinski definition) is 15. The number of rotatable bonds is 20. The molecule has 0 bridgehead atoms. The molecule has 0 spiro atoms. The topological polar surface area (TPSA) is 285 Å². The second kappa shape index (κ2) is 22.9. The van der Waals surface area contributed by atoms with Crippen molar-refractivity contribution in [3.8, 4) is 11.5 Å². The standard InChI is InChI=1S/C37H63N5O12/c1-22-10-24(14-39-16-28(45)34(51)36(53)30(47)20-43)32(49)26(12-22)18-41-6-3-4-38-5-7-42(9-8-41)19-27-13-23(2)11-25(33(27)50)15-40-17-29(46)35(52)37(54)31(48)21-44/h10-13,28-31,34-40,43-54H,3-9,14-21H2,1-2H3. The van der Waals surface area contributed by atoms with E-state index in [1.807, 2.05) is 38.1 Å². The molecule has 8 unspecified atom stereocenters. The molecule has 1 aliphatic rings. The summed E-state index contributed by atoms with van der Waals surface area (Å²) in [6, 6.07) is 7.50. The number of nitrogens with one attached hydrogen (secondary N) is 3. The molecule has 2 aromatic rings. The van der Waals surface area contributed by atoms with Crippen molar-refractivity contribution in [1.29, 1.82) is 0 Å². The first kappa shape index (κ1) is 45.8. The Morgan fingerprint density at radius 2 is 0.944 bits per heavy atom. The van der Waals surface area contributed by atoms with Gasteiger partial charge in [0.25, 0.3) is 0 Å². The highest BCUT2D eigenvalue weighted by molar-refractivity contribution is 5.44. The number of phenols is 2. The Morgan fingerprint density at radius 1 is 0.556 bits per heavy atom. The third kappa shape index (κ3) is 13.9. The van der Waals surface area contributed by atoms with Gasteiger partial charge < -0.3 is 77.2 Å². The van der Waals surface area contributed by atoms with E-state index < -0.39 is 62.0 Å². The Kier molecular flexibility index (Phi) is 19.4. The molecule has 8 atom stereocenters. The number of aryl methyl sites for hydroxylation is 2. The number of aliphatic hydroxyl groups excluding tert-OH is 10. The van der Waals surface area contributed by atoms with E-state index in [1.165, 1.54) is 0 Å². The van der Waals surface area contributed by atoms with Crippen molar-refractivity contribution >= 4 is 0 Å². The molecule has 3 rings (SSSR count). The molecule has 54 heavy (non-hydrogen) atoms. The first-order chi connectivity index (χ1) is 25.7. The van der Waals surface area contributed by atoms with Crippen LogP contribution in [0.5, 0.6) is 11.5 Å². The van der Waals surface area contributed by atoms with Crippen molar-refractivity contribution in [3.63, 3.8) is 0 Å². The zero-order valence-electron chi connectivity index (χ0n) is 31.3. The molecule has 1 fully saturated rings. The van der Waals surface area contributed by atoms with Crippen molar-refractivity contribution in [1.82, 2.24) is 25.8 Å². The highest BCUT2D eigenvalue weighted by Crippen LogP contribution is 2.28. The zero-order valence-corrected chi connectivity index (χ0v) is 31.3. The van der Waals surface area contributed by atoms with Crippen LogP contribution in [-0.4, -0.2) is 185 Å². The number of aliphatic hydroxyl groups is 10. The van der Waals surface area contributed by atoms with E-state index in [0.717, 1.165) is 54.9 Å². The minimum atomic E-state index is -1.73. The van der Waals surface area contributed by atoms with Gasteiger partial charge in [-0.05, 0) is 33.4 Å². The molecule has 0 radical (unpaired) electrons. The van der Waals surface area contributed by atoms with E-state index in [9.17, 15) is 51.1 Å². The second-order valence-electron chi connectivity index (χ2n) is 14.4. The Hall–Kier alpha value is -2.56. The van der Waals surface area contributed by atoms with Crippen LogP contribution in [0.4, 0.5) is 0 Å². The molecule has 1 heterocycles. The molecule has 17 heteroatoms. The number of phenolic OH excluding ortho intramolecular Hbond substituents is 2. The molecule has 0 aliphatic carbocycles. The predicted octanol–water partition coefficient (Wildman–Crippen LogP) is -3.94. The van der Waals surface area contributed by atoms with Gasteiger partial charge in [-0.25, -0.2) is 0 Å². The Morgan fingerprint density at radius 3 is 1.37 bits per heavy atom. The minimum absolute atomic E-state index is 0.104. The van der Waals surface area contributed by atoms with E-state index in [0.29, 0.717) is 37.3 Å². The van der Waals surface area contributed by atoms with E-state index in [4.69, 9.17) is 10.2 Å². The van der Waals surface area contributed by atoms with Gasteiger partial charge in [0.15, 0.2) is 0 Å². The average Bonchev–Trinajstić information content (AvgIpc) is 3.15. The number of nitrogens with zero attached hydrogens (tertiary/aromatic N) is 2. The van der Waals surface area contributed by atoms with Crippen molar-refractivity contribution in [3.05, 3.63) is 57.6 Å². The predicted molar refractivity (Wildman–Crippen MR) is 199 cm³/mol. The third-order valence-electron chi connectivity index (χ3n) is 9.77. The summed E-state index contributed by atoms with van der Waals surface area (Å²) in [6.45, 7) is 7.72. The van der Waals surface area contributed by atoms with Gasteiger partial charge in [-0.2, -0.15) is 0 Å². The quantitative estimate of drug-likeness (QED) is 0.0612. The third-order valence-corrected chi connectivity index (χ3v) is 9.77. The molecule has 1 aliphatic heterocycles. The molecule has 15 N–H and O–H groups in total. The summed E-state index contributed by atoms with van der Waals surface area (Å²) < 4.78 is 0. The molecule has 0 saturated carbocycles. The summed E-state index contributed by atoms with van der Waals surface area (Å²) >= 11 is 0. The first-order valence-corrected chi connectivity index (χ1v) is 18.5. The van der Waals surface area contributed by atoms with E-state index in [-0.39, 0.29) is 37.7 Å². The van der Waals surface area contributed by atoms with E-state index >= 15 is 0 Å². The van der Waals surface area contributed by atoms with E-state index in [1.54, 1.807) is 0 Å².